The Labute approximate surface area is 86.2 Å². The topological polar surface area (TPSA) is 37.4 Å². The molecule has 0 N–H and O–H groups in total. The number of hydrogen-bond acceptors (Lipinski definition) is 2. The predicted octanol–water partition coefficient (Wildman–Crippen LogP) is 1.89. The third-order valence-corrected chi connectivity index (χ3v) is 4.60. The number of rotatable bonds is 3. The van der Waals surface area contributed by atoms with E-state index in [1.807, 2.05) is 26.0 Å². The van der Waals surface area contributed by atoms with Gasteiger partial charge in [0.25, 0.3) is 0 Å². The van der Waals surface area contributed by atoms with Gasteiger partial charge in [0.15, 0.2) is 0 Å². The first-order valence-electron chi connectivity index (χ1n) is 4.80. The SMILES string of the molecule is CC(C)N(C)S(=O)(=O)C1=CC=CCC1. The van der Waals surface area contributed by atoms with Crippen LogP contribution in [0.4, 0.5) is 0 Å². The zero-order valence-electron chi connectivity index (χ0n) is 8.90. The highest BCUT2D eigenvalue weighted by molar-refractivity contribution is 7.93. The standard InChI is InChI=1S/C10H17NO2S/c1-9(2)11(3)14(12,13)10-7-5-4-6-8-10/h4-5,7,9H,6,8H2,1-3H3. The van der Waals surface area contributed by atoms with Crippen LogP contribution in [0.15, 0.2) is 23.1 Å². The van der Waals surface area contributed by atoms with E-state index in [2.05, 4.69) is 0 Å². The van der Waals surface area contributed by atoms with Crippen molar-refractivity contribution in [2.24, 2.45) is 0 Å². The van der Waals surface area contributed by atoms with Crippen molar-refractivity contribution in [1.29, 1.82) is 0 Å². The van der Waals surface area contributed by atoms with Gasteiger partial charge in [0.1, 0.15) is 0 Å². The van der Waals surface area contributed by atoms with E-state index in [0.717, 1.165) is 6.42 Å². The third kappa shape index (κ3) is 2.25. The molecule has 0 aliphatic heterocycles. The Kier molecular flexibility index (Phi) is 3.50. The van der Waals surface area contributed by atoms with E-state index in [1.54, 1.807) is 13.1 Å². The highest BCUT2D eigenvalue weighted by Gasteiger charge is 2.25. The van der Waals surface area contributed by atoms with Crippen LogP contribution in [0.3, 0.4) is 0 Å². The van der Waals surface area contributed by atoms with Crippen LogP contribution < -0.4 is 0 Å². The molecular formula is C10H17NO2S. The van der Waals surface area contributed by atoms with Crippen molar-refractivity contribution in [2.75, 3.05) is 7.05 Å². The Hall–Kier alpha value is -0.610. The molecule has 0 atom stereocenters. The predicted molar refractivity (Wildman–Crippen MR) is 58.3 cm³/mol. The van der Waals surface area contributed by atoms with Gasteiger partial charge in [-0.2, -0.15) is 4.31 Å². The van der Waals surface area contributed by atoms with Crippen molar-refractivity contribution in [3.05, 3.63) is 23.1 Å². The minimum absolute atomic E-state index is 0.00630. The summed E-state index contributed by atoms with van der Waals surface area (Å²) in [6, 6.07) is 0.00630. The van der Waals surface area contributed by atoms with Crippen LogP contribution in [0.2, 0.25) is 0 Å². The molecule has 0 bridgehead atoms. The minimum atomic E-state index is -3.22. The minimum Gasteiger partial charge on any atom is -0.207 e. The van der Waals surface area contributed by atoms with E-state index in [1.165, 1.54) is 4.31 Å². The molecule has 0 saturated carbocycles. The molecule has 0 fully saturated rings. The molecule has 0 aromatic heterocycles. The van der Waals surface area contributed by atoms with Gasteiger partial charge in [-0.25, -0.2) is 8.42 Å². The van der Waals surface area contributed by atoms with E-state index in [9.17, 15) is 8.42 Å². The van der Waals surface area contributed by atoms with Crippen molar-refractivity contribution >= 4 is 10.0 Å². The van der Waals surface area contributed by atoms with Gasteiger partial charge in [-0.3, -0.25) is 0 Å². The second kappa shape index (κ2) is 4.28. The first-order chi connectivity index (χ1) is 6.46. The zero-order chi connectivity index (χ0) is 10.8. The smallest absolute Gasteiger partial charge is 0.207 e. The van der Waals surface area contributed by atoms with Gasteiger partial charge in [0.2, 0.25) is 10.0 Å². The molecule has 4 heteroatoms. The van der Waals surface area contributed by atoms with Gasteiger partial charge < -0.3 is 0 Å². The van der Waals surface area contributed by atoms with Crippen LogP contribution >= 0.6 is 0 Å². The Bertz CT molecular complexity index is 352. The first kappa shape index (κ1) is 11.5. The summed E-state index contributed by atoms with van der Waals surface area (Å²) in [5, 5.41) is 0. The highest BCUT2D eigenvalue weighted by Crippen LogP contribution is 2.21. The summed E-state index contributed by atoms with van der Waals surface area (Å²) in [5.74, 6) is 0. The quantitative estimate of drug-likeness (QED) is 0.721. The molecule has 1 rings (SSSR count). The lowest BCUT2D eigenvalue weighted by molar-refractivity contribution is 0.414. The van der Waals surface area contributed by atoms with Gasteiger partial charge in [-0.1, -0.05) is 12.2 Å². The fraction of sp³-hybridized carbons (Fsp3) is 0.600. The lowest BCUT2D eigenvalue weighted by atomic mass is 10.2. The monoisotopic (exact) mass is 215 g/mol. The summed E-state index contributed by atoms with van der Waals surface area (Å²) in [6.45, 7) is 3.74. The fourth-order valence-electron chi connectivity index (χ4n) is 1.26. The van der Waals surface area contributed by atoms with E-state index in [0.29, 0.717) is 11.3 Å². The van der Waals surface area contributed by atoms with Crippen molar-refractivity contribution in [2.45, 2.75) is 32.7 Å². The van der Waals surface area contributed by atoms with Crippen LogP contribution in [0.25, 0.3) is 0 Å². The van der Waals surface area contributed by atoms with Crippen LogP contribution in [0, 0.1) is 0 Å². The maximum absolute atomic E-state index is 12.0. The molecule has 0 heterocycles. The maximum Gasteiger partial charge on any atom is 0.239 e. The molecule has 80 valence electrons. The largest absolute Gasteiger partial charge is 0.239 e. The van der Waals surface area contributed by atoms with Crippen LogP contribution in [-0.4, -0.2) is 25.8 Å². The van der Waals surface area contributed by atoms with Crippen LogP contribution in [-0.2, 0) is 10.0 Å². The van der Waals surface area contributed by atoms with Crippen molar-refractivity contribution in [1.82, 2.24) is 4.31 Å². The number of hydrogen-bond donors (Lipinski definition) is 0. The summed E-state index contributed by atoms with van der Waals surface area (Å²) in [4.78, 5) is 0.524. The second-order valence-electron chi connectivity index (χ2n) is 3.71. The molecule has 3 nitrogen and oxygen atoms in total. The number of allylic oxidation sites excluding steroid dienone is 4. The Morgan fingerprint density at radius 2 is 2.07 bits per heavy atom. The van der Waals surface area contributed by atoms with E-state index in [-0.39, 0.29) is 6.04 Å². The molecule has 0 unspecified atom stereocenters. The van der Waals surface area contributed by atoms with Gasteiger partial charge in [-0.15, -0.1) is 0 Å². The van der Waals surface area contributed by atoms with Gasteiger partial charge in [0, 0.05) is 13.1 Å². The highest BCUT2D eigenvalue weighted by atomic mass is 32.2. The van der Waals surface area contributed by atoms with Crippen LogP contribution in [0.5, 0.6) is 0 Å². The lowest BCUT2D eigenvalue weighted by Gasteiger charge is -2.23. The molecule has 0 spiro atoms. The summed E-state index contributed by atoms with van der Waals surface area (Å²) < 4.78 is 25.3. The van der Waals surface area contributed by atoms with E-state index < -0.39 is 10.0 Å². The first-order valence-corrected chi connectivity index (χ1v) is 6.24. The van der Waals surface area contributed by atoms with Gasteiger partial charge in [-0.05, 0) is 32.8 Å². The summed E-state index contributed by atoms with van der Waals surface area (Å²) in [6.07, 6.45) is 6.92. The number of nitrogens with zero attached hydrogens (tertiary/aromatic N) is 1. The Morgan fingerprint density at radius 3 is 2.50 bits per heavy atom. The normalized spacial score (nSPS) is 17.6. The third-order valence-electron chi connectivity index (χ3n) is 2.41. The average Bonchev–Trinajstić information content (AvgIpc) is 2.18. The van der Waals surface area contributed by atoms with Crippen molar-refractivity contribution in [3.8, 4) is 0 Å². The van der Waals surface area contributed by atoms with E-state index >= 15 is 0 Å². The molecule has 0 aromatic rings. The molecule has 1 aliphatic rings. The molecule has 1 aliphatic carbocycles. The van der Waals surface area contributed by atoms with Crippen LogP contribution in [0.1, 0.15) is 26.7 Å². The van der Waals surface area contributed by atoms with E-state index in [4.69, 9.17) is 0 Å². The summed E-state index contributed by atoms with van der Waals surface area (Å²) in [7, 11) is -1.59. The maximum atomic E-state index is 12.0. The second-order valence-corrected chi connectivity index (χ2v) is 5.77. The molecule has 0 aromatic carbocycles. The summed E-state index contributed by atoms with van der Waals surface area (Å²) >= 11 is 0. The van der Waals surface area contributed by atoms with Crippen molar-refractivity contribution < 1.29 is 8.42 Å². The molecule has 0 radical (unpaired) electrons. The van der Waals surface area contributed by atoms with Crippen molar-refractivity contribution in [3.63, 3.8) is 0 Å². The Balaban J connectivity index is 2.95. The molecule has 0 saturated heterocycles. The number of sulfonamides is 1. The lowest BCUT2D eigenvalue weighted by Crippen LogP contribution is -2.34. The summed E-state index contributed by atoms with van der Waals surface area (Å²) in [5.41, 5.74) is 0. The molecule has 14 heavy (non-hydrogen) atoms. The Morgan fingerprint density at radius 1 is 1.43 bits per heavy atom. The average molecular weight is 215 g/mol. The van der Waals surface area contributed by atoms with Gasteiger partial charge >= 0.3 is 0 Å². The molecule has 0 amide bonds. The zero-order valence-corrected chi connectivity index (χ0v) is 9.71. The fourth-order valence-corrected chi connectivity index (χ4v) is 2.81. The molecular weight excluding hydrogens is 198 g/mol. The van der Waals surface area contributed by atoms with Gasteiger partial charge in [0.05, 0.1) is 4.91 Å².